The van der Waals surface area contributed by atoms with Crippen molar-refractivity contribution < 1.29 is 9.53 Å². The third kappa shape index (κ3) is 3.04. The molecule has 3 fully saturated rings. The Morgan fingerprint density at radius 3 is 2.60 bits per heavy atom. The lowest BCUT2D eigenvalue weighted by Gasteiger charge is -2.44. The molecule has 5 heteroatoms. The summed E-state index contributed by atoms with van der Waals surface area (Å²) in [5.74, 6) is 1.27. The Kier molecular flexibility index (Phi) is 3.78. The number of carbonyl (C=O) groups excluding carboxylic acids is 1. The first-order valence-electron chi connectivity index (χ1n) is 7.21. The van der Waals surface area contributed by atoms with Gasteiger partial charge in [0.05, 0.1) is 0 Å². The summed E-state index contributed by atoms with van der Waals surface area (Å²) >= 11 is 0. The predicted molar refractivity (Wildman–Crippen MR) is 77.4 cm³/mol. The molecule has 4 rings (SSSR count). The molecule has 1 aromatic carbocycles. The molecule has 3 aliphatic heterocycles. The topological polar surface area (TPSA) is 67.6 Å². The van der Waals surface area contributed by atoms with Crippen molar-refractivity contribution >= 4 is 11.6 Å². The summed E-state index contributed by atoms with van der Waals surface area (Å²) < 4.78 is 5.46. The number of benzene rings is 1. The monoisotopic (exact) mass is 275 g/mol. The zero-order valence-electron chi connectivity index (χ0n) is 11.5. The highest BCUT2D eigenvalue weighted by Crippen LogP contribution is 2.27. The standard InChI is InChI=1S/C15H21N3O2/c16-12-1-3-13(4-2-12)20-10-15(19)17-14-9-18-7-5-11(14)6-8-18/h1-4,11,14H,5-10,16H2,(H,17,19). The van der Waals surface area contributed by atoms with Crippen molar-refractivity contribution in [2.75, 3.05) is 32.0 Å². The molecule has 2 bridgehead atoms. The fourth-order valence-corrected chi connectivity index (χ4v) is 3.09. The minimum atomic E-state index is -0.0411. The Bertz CT molecular complexity index is 467. The number of nitrogen functional groups attached to an aromatic ring is 1. The molecule has 0 saturated carbocycles. The van der Waals surface area contributed by atoms with Gasteiger partial charge in [0.25, 0.3) is 5.91 Å². The van der Waals surface area contributed by atoms with Crippen molar-refractivity contribution in [1.29, 1.82) is 0 Å². The van der Waals surface area contributed by atoms with Crippen LogP contribution in [0.15, 0.2) is 24.3 Å². The molecule has 0 aliphatic carbocycles. The van der Waals surface area contributed by atoms with Crippen molar-refractivity contribution in [3.8, 4) is 5.75 Å². The van der Waals surface area contributed by atoms with E-state index in [9.17, 15) is 4.79 Å². The smallest absolute Gasteiger partial charge is 0.258 e. The van der Waals surface area contributed by atoms with E-state index in [-0.39, 0.29) is 12.5 Å². The first-order chi connectivity index (χ1) is 9.70. The average molecular weight is 275 g/mol. The number of nitrogens with one attached hydrogen (secondary N) is 1. The van der Waals surface area contributed by atoms with Crippen LogP contribution in [0.25, 0.3) is 0 Å². The third-order valence-corrected chi connectivity index (χ3v) is 4.25. The van der Waals surface area contributed by atoms with Crippen molar-refractivity contribution in [2.45, 2.75) is 18.9 Å². The SMILES string of the molecule is Nc1ccc(OCC(=O)NC2CN3CCC2CC3)cc1. The number of carbonyl (C=O) groups is 1. The second-order valence-corrected chi connectivity index (χ2v) is 5.67. The molecule has 5 nitrogen and oxygen atoms in total. The van der Waals surface area contributed by atoms with Gasteiger partial charge in [-0.1, -0.05) is 0 Å². The van der Waals surface area contributed by atoms with E-state index >= 15 is 0 Å². The summed E-state index contributed by atoms with van der Waals surface area (Å²) in [5.41, 5.74) is 6.29. The summed E-state index contributed by atoms with van der Waals surface area (Å²) in [6, 6.07) is 7.37. The Morgan fingerprint density at radius 2 is 2.00 bits per heavy atom. The predicted octanol–water partition coefficient (Wildman–Crippen LogP) is 0.858. The van der Waals surface area contributed by atoms with Gasteiger partial charge in [0.15, 0.2) is 6.61 Å². The van der Waals surface area contributed by atoms with Crippen LogP contribution >= 0.6 is 0 Å². The highest BCUT2D eigenvalue weighted by atomic mass is 16.5. The van der Waals surface area contributed by atoms with E-state index < -0.39 is 0 Å². The van der Waals surface area contributed by atoms with Crippen LogP contribution in [0.5, 0.6) is 5.75 Å². The van der Waals surface area contributed by atoms with Gasteiger partial charge in [-0.3, -0.25) is 4.79 Å². The minimum absolute atomic E-state index is 0.0411. The van der Waals surface area contributed by atoms with Gasteiger partial charge in [0.2, 0.25) is 0 Å². The van der Waals surface area contributed by atoms with Crippen LogP contribution in [0.4, 0.5) is 5.69 Å². The molecule has 0 aromatic heterocycles. The van der Waals surface area contributed by atoms with E-state index in [0.29, 0.717) is 23.4 Å². The number of nitrogens with zero attached hydrogens (tertiary/aromatic N) is 1. The fourth-order valence-electron chi connectivity index (χ4n) is 3.09. The molecule has 3 heterocycles. The van der Waals surface area contributed by atoms with Gasteiger partial charge < -0.3 is 20.7 Å². The van der Waals surface area contributed by atoms with Crippen LogP contribution in [0.1, 0.15) is 12.8 Å². The van der Waals surface area contributed by atoms with E-state index in [0.717, 1.165) is 6.54 Å². The van der Waals surface area contributed by atoms with Crippen molar-refractivity contribution in [1.82, 2.24) is 10.2 Å². The zero-order chi connectivity index (χ0) is 13.9. The lowest BCUT2D eigenvalue weighted by molar-refractivity contribution is -0.125. The van der Waals surface area contributed by atoms with Crippen LogP contribution in [-0.4, -0.2) is 43.1 Å². The lowest BCUT2D eigenvalue weighted by Crippen LogP contribution is -2.57. The van der Waals surface area contributed by atoms with Crippen LogP contribution in [-0.2, 0) is 4.79 Å². The van der Waals surface area contributed by atoms with Crippen LogP contribution < -0.4 is 15.8 Å². The van der Waals surface area contributed by atoms with E-state index in [4.69, 9.17) is 10.5 Å². The van der Waals surface area contributed by atoms with Crippen molar-refractivity contribution in [2.24, 2.45) is 5.92 Å². The summed E-state index contributed by atoms with van der Waals surface area (Å²) in [5, 5.41) is 3.10. The molecule has 1 aromatic rings. The van der Waals surface area contributed by atoms with Crippen LogP contribution in [0.3, 0.4) is 0 Å². The Labute approximate surface area is 119 Å². The number of nitrogens with two attached hydrogens (primary N) is 1. The number of anilines is 1. The van der Waals surface area contributed by atoms with Crippen LogP contribution in [0, 0.1) is 5.92 Å². The number of piperidine rings is 3. The maximum Gasteiger partial charge on any atom is 0.258 e. The second kappa shape index (κ2) is 5.71. The highest BCUT2D eigenvalue weighted by Gasteiger charge is 2.34. The average Bonchev–Trinajstić information content (AvgIpc) is 2.48. The molecule has 3 N–H and O–H groups in total. The molecule has 0 radical (unpaired) electrons. The van der Waals surface area contributed by atoms with Gasteiger partial charge in [-0.15, -0.1) is 0 Å². The minimum Gasteiger partial charge on any atom is -0.484 e. The summed E-state index contributed by atoms with van der Waals surface area (Å²) in [6.45, 7) is 3.41. The van der Waals surface area contributed by atoms with Gasteiger partial charge in [-0.25, -0.2) is 0 Å². The molecule has 1 unspecified atom stereocenters. The molecule has 0 spiro atoms. The molecular formula is C15H21N3O2. The Hall–Kier alpha value is -1.75. The maximum atomic E-state index is 11.9. The molecule has 3 saturated heterocycles. The van der Waals surface area contributed by atoms with Gasteiger partial charge in [-0.2, -0.15) is 0 Å². The summed E-state index contributed by atoms with van der Waals surface area (Å²) in [7, 11) is 0. The fraction of sp³-hybridized carbons (Fsp3) is 0.533. The van der Waals surface area contributed by atoms with Crippen molar-refractivity contribution in [3.05, 3.63) is 24.3 Å². The van der Waals surface area contributed by atoms with Gasteiger partial charge in [-0.05, 0) is 56.1 Å². The number of amides is 1. The summed E-state index contributed by atoms with van der Waals surface area (Å²) in [6.07, 6.45) is 2.40. The van der Waals surface area contributed by atoms with E-state index in [1.54, 1.807) is 24.3 Å². The Morgan fingerprint density at radius 1 is 1.30 bits per heavy atom. The number of hydrogen-bond acceptors (Lipinski definition) is 4. The van der Waals surface area contributed by atoms with Crippen LogP contribution in [0.2, 0.25) is 0 Å². The van der Waals surface area contributed by atoms with Gasteiger partial charge in [0, 0.05) is 18.3 Å². The third-order valence-electron chi connectivity index (χ3n) is 4.25. The van der Waals surface area contributed by atoms with Crippen molar-refractivity contribution in [3.63, 3.8) is 0 Å². The summed E-state index contributed by atoms with van der Waals surface area (Å²) in [4.78, 5) is 14.4. The number of rotatable bonds is 4. The lowest BCUT2D eigenvalue weighted by atomic mass is 9.84. The molecule has 1 atom stereocenters. The molecule has 20 heavy (non-hydrogen) atoms. The normalized spacial score (nSPS) is 28.1. The van der Waals surface area contributed by atoms with E-state index in [2.05, 4.69) is 10.2 Å². The maximum absolute atomic E-state index is 11.9. The molecule has 1 amide bonds. The molecule has 3 aliphatic rings. The first kappa shape index (κ1) is 13.2. The largest absolute Gasteiger partial charge is 0.484 e. The molecule has 108 valence electrons. The molecular weight excluding hydrogens is 254 g/mol. The Balaban J connectivity index is 1.46. The quantitative estimate of drug-likeness (QED) is 0.800. The number of fused-ring (bicyclic) bond motifs is 3. The number of ether oxygens (including phenoxy) is 1. The first-order valence-corrected chi connectivity index (χ1v) is 7.21. The van der Waals surface area contributed by atoms with E-state index in [1.807, 2.05) is 0 Å². The number of hydrogen-bond donors (Lipinski definition) is 2. The second-order valence-electron chi connectivity index (χ2n) is 5.67. The highest BCUT2D eigenvalue weighted by molar-refractivity contribution is 5.78. The van der Waals surface area contributed by atoms with E-state index in [1.165, 1.54) is 25.9 Å². The van der Waals surface area contributed by atoms with Gasteiger partial charge in [0.1, 0.15) is 5.75 Å². The van der Waals surface area contributed by atoms with Gasteiger partial charge >= 0.3 is 0 Å². The zero-order valence-corrected chi connectivity index (χ0v) is 11.5.